The van der Waals surface area contributed by atoms with Crippen molar-refractivity contribution in [2.45, 2.75) is 13.0 Å². The molecule has 0 spiro atoms. The van der Waals surface area contributed by atoms with E-state index in [4.69, 9.17) is 19.3 Å². The van der Waals surface area contributed by atoms with Crippen molar-refractivity contribution in [1.82, 2.24) is 5.32 Å². The molecule has 0 radical (unpaired) electrons. The van der Waals surface area contributed by atoms with Crippen LogP contribution in [-0.4, -0.2) is 43.9 Å². The number of carboxylic acids is 1. The predicted octanol–water partition coefficient (Wildman–Crippen LogP) is 2.67. The molecule has 0 bridgehead atoms. The molecular formula is C20H23NO6. The van der Waals surface area contributed by atoms with Gasteiger partial charge in [-0.05, 0) is 42.8 Å². The van der Waals surface area contributed by atoms with Crippen LogP contribution >= 0.6 is 0 Å². The van der Waals surface area contributed by atoms with Gasteiger partial charge in [-0.2, -0.15) is 0 Å². The second-order valence-electron chi connectivity index (χ2n) is 5.82. The smallest absolute Gasteiger partial charge is 0.341 e. The molecule has 0 saturated heterocycles. The summed E-state index contributed by atoms with van der Waals surface area (Å²) in [5.41, 5.74) is 1.37. The number of carbonyl (C=O) groups is 2. The van der Waals surface area contributed by atoms with Crippen molar-refractivity contribution < 1.29 is 28.9 Å². The fourth-order valence-electron chi connectivity index (χ4n) is 2.33. The van der Waals surface area contributed by atoms with E-state index in [2.05, 4.69) is 5.32 Å². The summed E-state index contributed by atoms with van der Waals surface area (Å²) in [6.45, 7) is 2.35. The summed E-state index contributed by atoms with van der Waals surface area (Å²) < 4.78 is 15.6. The lowest BCUT2D eigenvalue weighted by Crippen LogP contribution is -2.26. The zero-order chi connectivity index (χ0) is 19.6. The second-order valence-corrected chi connectivity index (χ2v) is 5.82. The summed E-state index contributed by atoms with van der Waals surface area (Å²) >= 11 is 0. The highest BCUT2D eigenvalue weighted by Crippen LogP contribution is 2.19. The molecule has 27 heavy (non-hydrogen) atoms. The summed E-state index contributed by atoms with van der Waals surface area (Å²) in [7, 11) is 1.60. The van der Waals surface area contributed by atoms with Crippen molar-refractivity contribution in [2.24, 2.45) is 0 Å². The van der Waals surface area contributed by atoms with Crippen molar-refractivity contribution in [2.75, 3.05) is 26.9 Å². The number of methoxy groups -OCH3 is 1. The van der Waals surface area contributed by atoms with E-state index in [9.17, 15) is 9.59 Å². The molecule has 1 unspecified atom stereocenters. The predicted molar refractivity (Wildman–Crippen MR) is 99.3 cm³/mol. The van der Waals surface area contributed by atoms with Crippen molar-refractivity contribution in [3.63, 3.8) is 0 Å². The third kappa shape index (κ3) is 6.63. The number of nitrogens with one attached hydrogen (secondary N) is 1. The van der Waals surface area contributed by atoms with Gasteiger partial charge in [-0.1, -0.05) is 18.2 Å². The zero-order valence-corrected chi connectivity index (χ0v) is 15.3. The molecule has 7 heteroatoms. The van der Waals surface area contributed by atoms with Crippen LogP contribution in [0.2, 0.25) is 0 Å². The number of rotatable bonds is 10. The van der Waals surface area contributed by atoms with Gasteiger partial charge in [-0.3, -0.25) is 4.79 Å². The van der Waals surface area contributed by atoms with E-state index < -0.39 is 12.6 Å². The average molecular weight is 373 g/mol. The summed E-state index contributed by atoms with van der Waals surface area (Å²) in [6, 6.07) is 13.6. The Labute approximate surface area is 157 Å². The van der Waals surface area contributed by atoms with E-state index in [-0.39, 0.29) is 11.9 Å². The molecule has 0 heterocycles. The minimum atomic E-state index is -1.03. The Morgan fingerprint density at radius 2 is 1.78 bits per heavy atom. The molecule has 0 aromatic heterocycles. The Bertz CT molecular complexity index is 759. The number of hydrogen-bond donors (Lipinski definition) is 2. The Kier molecular flexibility index (Phi) is 7.63. The maximum atomic E-state index is 12.5. The van der Waals surface area contributed by atoms with Crippen LogP contribution in [0.4, 0.5) is 0 Å². The van der Waals surface area contributed by atoms with Gasteiger partial charge in [0.15, 0.2) is 6.61 Å². The van der Waals surface area contributed by atoms with E-state index in [1.165, 1.54) is 0 Å². The van der Waals surface area contributed by atoms with E-state index in [1.807, 2.05) is 6.92 Å². The largest absolute Gasteiger partial charge is 0.491 e. The van der Waals surface area contributed by atoms with Gasteiger partial charge in [-0.25, -0.2) is 4.79 Å². The molecule has 2 aromatic rings. The number of amides is 1. The summed E-state index contributed by atoms with van der Waals surface area (Å²) in [4.78, 5) is 23.0. The van der Waals surface area contributed by atoms with Crippen molar-refractivity contribution in [1.29, 1.82) is 0 Å². The van der Waals surface area contributed by atoms with Gasteiger partial charge in [-0.15, -0.1) is 0 Å². The minimum Gasteiger partial charge on any atom is -0.491 e. The molecule has 1 amide bonds. The molecule has 7 nitrogen and oxygen atoms in total. The maximum absolute atomic E-state index is 12.5. The quantitative estimate of drug-likeness (QED) is 0.622. The third-order valence-corrected chi connectivity index (χ3v) is 3.74. The fraction of sp³-hybridized carbons (Fsp3) is 0.300. The number of aliphatic carboxylic acids is 1. The minimum absolute atomic E-state index is 0.217. The first kappa shape index (κ1) is 20.3. The summed E-state index contributed by atoms with van der Waals surface area (Å²) in [5.74, 6) is -0.188. The number of carbonyl (C=O) groups excluding carboxylic acids is 1. The SMILES string of the molecule is COCCOc1cccc(C(=O)NC(C)c2ccc(OCC(=O)O)cc2)c1. The van der Waals surface area contributed by atoms with Crippen LogP contribution in [0.25, 0.3) is 0 Å². The van der Waals surface area contributed by atoms with Gasteiger partial charge in [0.25, 0.3) is 5.91 Å². The molecule has 0 fully saturated rings. The Hall–Kier alpha value is -3.06. The van der Waals surface area contributed by atoms with Crippen LogP contribution < -0.4 is 14.8 Å². The van der Waals surface area contributed by atoms with E-state index in [1.54, 1.807) is 55.6 Å². The normalized spacial score (nSPS) is 11.5. The molecule has 144 valence electrons. The topological polar surface area (TPSA) is 94.1 Å². The van der Waals surface area contributed by atoms with Crippen LogP contribution in [0.15, 0.2) is 48.5 Å². The molecule has 0 aliphatic heterocycles. The standard InChI is InChI=1S/C20H23NO6/c1-14(15-6-8-17(9-7-15)27-13-19(22)23)21-20(24)16-4-3-5-18(12-16)26-11-10-25-2/h3-9,12,14H,10-11,13H2,1-2H3,(H,21,24)(H,22,23). The van der Waals surface area contributed by atoms with Crippen LogP contribution in [-0.2, 0) is 9.53 Å². The fourth-order valence-corrected chi connectivity index (χ4v) is 2.33. The van der Waals surface area contributed by atoms with Gasteiger partial charge < -0.3 is 24.6 Å². The molecule has 0 saturated carbocycles. The van der Waals surface area contributed by atoms with Gasteiger partial charge in [0, 0.05) is 12.7 Å². The van der Waals surface area contributed by atoms with E-state index in [0.29, 0.717) is 30.3 Å². The number of carboxylic acid groups (broad SMARTS) is 1. The van der Waals surface area contributed by atoms with Gasteiger partial charge in [0.1, 0.15) is 18.1 Å². The van der Waals surface area contributed by atoms with Gasteiger partial charge >= 0.3 is 5.97 Å². The zero-order valence-electron chi connectivity index (χ0n) is 15.3. The van der Waals surface area contributed by atoms with Crippen LogP contribution in [0.5, 0.6) is 11.5 Å². The summed E-state index contributed by atoms with van der Waals surface area (Å²) in [5, 5.41) is 11.5. The molecule has 0 aliphatic carbocycles. The lowest BCUT2D eigenvalue weighted by molar-refractivity contribution is -0.139. The van der Waals surface area contributed by atoms with Gasteiger partial charge in [0.2, 0.25) is 0 Å². The van der Waals surface area contributed by atoms with Crippen molar-refractivity contribution in [3.8, 4) is 11.5 Å². The monoisotopic (exact) mass is 373 g/mol. The van der Waals surface area contributed by atoms with Crippen molar-refractivity contribution in [3.05, 3.63) is 59.7 Å². The molecule has 2 N–H and O–H groups in total. The lowest BCUT2D eigenvalue weighted by Gasteiger charge is -2.15. The maximum Gasteiger partial charge on any atom is 0.341 e. The van der Waals surface area contributed by atoms with Crippen LogP contribution in [0.3, 0.4) is 0 Å². The molecule has 2 rings (SSSR count). The van der Waals surface area contributed by atoms with Crippen molar-refractivity contribution >= 4 is 11.9 Å². The first-order valence-electron chi connectivity index (χ1n) is 8.47. The van der Waals surface area contributed by atoms with E-state index >= 15 is 0 Å². The molecule has 0 aliphatic rings. The number of hydrogen-bond acceptors (Lipinski definition) is 5. The van der Waals surface area contributed by atoms with E-state index in [0.717, 1.165) is 5.56 Å². The highest BCUT2D eigenvalue weighted by atomic mass is 16.5. The van der Waals surface area contributed by atoms with Crippen LogP contribution in [0.1, 0.15) is 28.9 Å². The highest BCUT2D eigenvalue weighted by Gasteiger charge is 2.12. The number of ether oxygens (including phenoxy) is 3. The lowest BCUT2D eigenvalue weighted by atomic mass is 10.1. The second kappa shape index (κ2) is 10.2. The first-order valence-corrected chi connectivity index (χ1v) is 8.47. The van der Waals surface area contributed by atoms with Crippen LogP contribution in [0, 0.1) is 0 Å². The van der Waals surface area contributed by atoms with Gasteiger partial charge in [0.05, 0.1) is 12.6 Å². The Morgan fingerprint density at radius 1 is 1.04 bits per heavy atom. The Morgan fingerprint density at radius 3 is 2.44 bits per heavy atom. The average Bonchev–Trinajstić information content (AvgIpc) is 2.67. The molecular weight excluding hydrogens is 350 g/mol. The third-order valence-electron chi connectivity index (χ3n) is 3.74. The highest BCUT2D eigenvalue weighted by molar-refractivity contribution is 5.94. The number of benzene rings is 2. The first-order chi connectivity index (χ1) is 13.0. The molecule has 2 aromatic carbocycles. The molecule has 1 atom stereocenters. The Balaban J connectivity index is 1.94. The summed E-state index contributed by atoms with van der Waals surface area (Å²) in [6.07, 6.45) is 0.